The lowest BCUT2D eigenvalue weighted by molar-refractivity contribution is -0.189. The molecule has 0 aromatic rings. The van der Waals surface area contributed by atoms with Gasteiger partial charge in [0.15, 0.2) is 0 Å². The minimum atomic E-state index is -7.55. The molecule has 0 rings (SSSR count). The molecule has 0 amide bonds. The summed E-state index contributed by atoms with van der Waals surface area (Å²) in [6, 6.07) is 0. The van der Waals surface area contributed by atoms with Crippen molar-refractivity contribution in [2.24, 2.45) is 0 Å². The summed E-state index contributed by atoms with van der Waals surface area (Å²) >= 11 is 0. The van der Waals surface area contributed by atoms with Crippen LogP contribution >= 0.6 is 7.82 Å². The summed E-state index contributed by atoms with van der Waals surface area (Å²) in [4.78, 5) is 0. The molecule has 0 bridgehead atoms. The second kappa shape index (κ2) is 17.5. The minimum Gasteiger partial charge on any atom is -0.283 e. The van der Waals surface area contributed by atoms with Crippen LogP contribution in [-0.2, 0) is 18.1 Å². The summed E-state index contributed by atoms with van der Waals surface area (Å²) in [5.41, 5.74) is 0. The molecular formula is C21H21F24O4P. The average Bonchev–Trinajstić information content (AvgIpc) is 2.85. The third-order valence-corrected chi connectivity index (χ3v) is 7.42. The van der Waals surface area contributed by atoms with E-state index in [2.05, 4.69) is 13.6 Å². The maximum atomic E-state index is 13.8. The Hall–Kier alpha value is -1.57. The molecule has 0 aromatic heterocycles. The summed E-state index contributed by atoms with van der Waals surface area (Å²) in [6.07, 6.45) is -61.7. The molecule has 0 radical (unpaired) electrons. The molecule has 29 heteroatoms. The number of hydrogen-bond donors (Lipinski definition) is 0. The van der Waals surface area contributed by atoms with Gasteiger partial charge >= 0.3 is 81.9 Å². The van der Waals surface area contributed by atoms with Crippen LogP contribution in [-0.4, -0.2) is 92.4 Å². The molecule has 0 aliphatic heterocycles. The van der Waals surface area contributed by atoms with Gasteiger partial charge < -0.3 is 0 Å². The number of rotatable bonds is 24. The normalized spacial score (nSPS) is 15.2. The van der Waals surface area contributed by atoms with Gasteiger partial charge in [0.1, 0.15) is 0 Å². The fraction of sp³-hybridized carbons (Fsp3) is 1.00. The minimum absolute atomic E-state index is 3.18. The van der Waals surface area contributed by atoms with Crippen LogP contribution in [0, 0.1) is 0 Å². The highest BCUT2D eigenvalue weighted by Gasteiger charge is 2.56. The van der Waals surface area contributed by atoms with Crippen molar-refractivity contribution in [3.05, 3.63) is 0 Å². The summed E-state index contributed by atoms with van der Waals surface area (Å²) < 4.78 is 343. The smallest absolute Gasteiger partial charge is 0.283 e. The zero-order chi connectivity index (χ0) is 40.1. The average molecular weight is 824 g/mol. The molecule has 0 aromatic carbocycles. The van der Waals surface area contributed by atoms with Crippen LogP contribution in [0.2, 0.25) is 0 Å². The molecule has 4 nitrogen and oxygen atoms in total. The van der Waals surface area contributed by atoms with Gasteiger partial charge in [0.05, 0.1) is 18.3 Å². The topological polar surface area (TPSA) is 44.8 Å². The van der Waals surface area contributed by atoms with Gasteiger partial charge in [-0.15, -0.1) is 0 Å². The molecule has 0 atom stereocenters. The molecule has 0 saturated heterocycles. The zero-order valence-electron chi connectivity index (χ0n) is 23.6. The van der Waals surface area contributed by atoms with Crippen molar-refractivity contribution in [3.63, 3.8) is 0 Å². The Morgan fingerprint density at radius 3 is 0.540 bits per heavy atom. The molecule has 0 fully saturated rings. The van der Waals surface area contributed by atoms with Gasteiger partial charge in [0.25, 0.3) is 0 Å². The second-order valence-electron chi connectivity index (χ2n) is 10.2. The van der Waals surface area contributed by atoms with Crippen molar-refractivity contribution < 1.29 is 124 Å². The largest absolute Gasteiger partial charge is 0.475 e. The van der Waals surface area contributed by atoms with E-state index in [9.17, 15) is 110 Å². The predicted molar refractivity (Wildman–Crippen MR) is 116 cm³/mol. The quantitative estimate of drug-likeness (QED) is 0.0719. The maximum absolute atomic E-state index is 13.8. The van der Waals surface area contributed by atoms with Crippen LogP contribution in [0.3, 0.4) is 0 Å². The summed E-state index contributed by atoms with van der Waals surface area (Å²) in [7, 11) is -7.55. The lowest BCUT2D eigenvalue weighted by Gasteiger charge is -2.34. The van der Waals surface area contributed by atoms with Gasteiger partial charge in [-0.1, -0.05) is 0 Å². The van der Waals surface area contributed by atoms with Gasteiger partial charge in [-0.05, 0) is 0 Å². The van der Waals surface area contributed by atoms with Crippen LogP contribution in [0.15, 0.2) is 0 Å². The molecular weight excluding hydrogens is 803 g/mol. The summed E-state index contributed by atoms with van der Waals surface area (Å²) in [6.45, 7) is 0. The SMILES string of the molecule is O=P(OC(CC(F)(F)C(F)F)CC(F)(F)C(F)F)(OC(CC(F)(F)C(F)F)CC(F)(F)C(F)F)OC(CC(F)(F)C(F)F)CC(F)(F)C(F)F. The van der Waals surface area contributed by atoms with Crippen LogP contribution in [0.1, 0.15) is 38.5 Å². The first-order chi connectivity index (χ1) is 22.0. The van der Waals surface area contributed by atoms with E-state index >= 15 is 0 Å². The molecule has 0 heterocycles. The third kappa shape index (κ3) is 15.2. The molecule has 0 aliphatic rings. The number of hydrogen-bond acceptors (Lipinski definition) is 4. The fourth-order valence-corrected chi connectivity index (χ4v) is 5.11. The Labute approximate surface area is 263 Å². The number of phosphoric ester groups is 1. The van der Waals surface area contributed by atoms with Gasteiger partial charge in [-0.2, -0.15) is 0 Å². The third-order valence-electron chi connectivity index (χ3n) is 5.75. The fourth-order valence-electron chi connectivity index (χ4n) is 3.42. The second-order valence-corrected chi connectivity index (χ2v) is 11.8. The lowest BCUT2D eigenvalue weighted by atomic mass is 10.0. The van der Waals surface area contributed by atoms with E-state index in [1.165, 1.54) is 0 Å². The van der Waals surface area contributed by atoms with Crippen molar-refractivity contribution >= 4 is 7.82 Å². The molecule has 0 spiro atoms. The van der Waals surface area contributed by atoms with E-state index in [0.717, 1.165) is 0 Å². The van der Waals surface area contributed by atoms with Crippen LogP contribution in [0.25, 0.3) is 0 Å². The Balaban J connectivity index is 7.57. The maximum Gasteiger partial charge on any atom is 0.475 e. The molecule has 0 saturated carbocycles. The van der Waals surface area contributed by atoms with Crippen LogP contribution in [0.5, 0.6) is 0 Å². The van der Waals surface area contributed by atoms with Gasteiger partial charge in [-0.25, -0.2) is 110 Å². The number of phosphoric acid groups is 1. The highest BCUT2D eigenvalue weighted by molar-refractivity contribution is 7.48. The number of halogens is 24. The first-order valence-electron chi connectivity index (χ1n) is 12.6. The molecule has 0 N–H and O–H groups in total. The lowest BCUT2D eigenvalue weighted by Crippen LogP contribution is -2.41. The standard InChI is InChI=1S/C21H21F24O4P/c22-10(23)16(34,35)1-7(2-17(36,37)11(24)25)47-50(46,48-8(3-18(38,39)12(26)27)4-19(40,41)13(28)29)49-9(5-20(42,43)14(30)31)6-21(44,45)15(32)33/h7-15H,1-6H2. The molecule has 50 heavy (non-hydrogen) atoms. The molecule has 302 valence electrons. The highest BCUT2D eigenvalue weighted by Crippen LogP contribution is 2.58. The van der Waals surface area contributed by atoms with E-state index in [0.29, 0.717) is 0 Å². The van der Waals surface area contributed by atoms with Crippen molar-refractivity contribution in [1.82, 2.24) is 0 Å². The van der Waals surface area contributed by atoms with E-state index in [4.69, 9.17) is 0 Å². The van der Waals surface area contributed by atoms with Gasteiger partial charge in [0, 0.05) is 38.5 Å². The molecule has 0 unspecified atom stereocenters. The van der Waals surface area contributed by atoms with E-state index in [1.807, 2.05) is 0 Å². The van der Waals surface area contributed by atoms with Crippen LogP contribution < -0.4 is 0 Å². The first-order valence-corrected chi connectivity index (χ1v) is 14.1. The zero-order valence-corrected chi connectivity index (χ0v) is 24.5. The highest BCUT2D eigenvalue weighted by atomic mass is 31.2. The first kappa shape index (κ1) is 48.4. The summed E-state index contributed by atoms with van der Waals surface area (Å²) in [5, 5.41) is 0. The van der Waals surface area contributed by atoms with Crippen LogP contribution in [0.4, 0.5) is 105 Å². The van der Waals surface area contributed by atoms with Gasteiger partial charge in [-0.3, -0.25) is 13.6 Å². The summed E-state index contributed by atoms with van der Waals surface area (Å²) in [5.74, 6) is -34.8. The Bertz CT molecular complexity index is 878. The van der Waals surface area contributed by atoms with Crippen molar-refractivity contribution in [1.29, 1.82) is 0 Å². The molecule has 0 aliphatic carbocycles. The number of alkyl halides is 24. The van der Waals surface area contributed by atoms with E-state index in [1.54, 1.807) is 0 Å². The van der Waals surface area contributed by atoms with Crippen molar-refractivity contribution in [2.45, 2.75) is 131 Å². The van der Waals surface area contributed by atoms with E-state index < -0.39 is 139 Å². The van der Waals surface area contributed by atoms with Gasteiger partial charge in [0.2, 0.25) is 0 Å². The Kier molecular flexibility index (Phi) is 17.0. The van der Waals surface area contributed by atoms with Crippen molar-refractivity contribution in [2.75, 3.05) is 0 Å². The van der Waals surface area contributed by atoms with Crippen molar-refractivity contribution in [3.8, 4) is 0 Å². The predicted octanol–water partition coefficient (Wildman–Crippen LogP) is 11.0. The monoisotopic (exact) mass is 824 g/mol. The van der Waals surface area contributed by atoms with E-state index in [-0.39, 0.29) is 0 Å². The Morgan fingerprint density at radius 1 is 0.320 bits per heavy atom. The Morgan fingerprint density at radius 2 is 0.440 bits per heavy atom.